The van der Waals surface area contributed by atoms with Gasteiger partial charge in [-0.2, -0.15) is 0 Å². The monoisotopic (exact) mass is 194 g/mol. The number of thiophene rings is 1. The lowest BCUT2D eigenvalue weighted by Crippen LogP contribution is -1.66. The van der Waals surface area contributed by atoms with Gasteiger partial charge >= 0.3 is 0 Å². The fraction of sp³-hybridized carbons (Fsp3) is 0.200. The van der Waals surface area contributed by atoms with Crippen molar-refractivity contribution >= 4 is 33.2 Å². The number of rotatable bonds is 1. The molecule has 0 N–H and O–H groups in total. The lowest BCUT2D eigenvalue weighted by atomic mass is 10.2. The minimum absolute atomic E-state index is 1.34. The molecule has 0 nitrogen and oxygen atoms in total. The van der Waals surface area contributed by atoms with E-state index in [2.05, 4.69) is 37.4 Å². The van der Waals surface area contributed by atoms with Crippen molar-refractivity contribution in [1.82, 2.24) is 0 Å². The fourth-order valence-electron chi connectivity index (χ4n) is 1.21. The Morgan fingerprint density at radius 2 is 2.08 bits per heavy atom. The van der Waals surface area contributed by atoms with Gasteiger partial charge in [0.15, 0.2) is 0 Å². The van der Waals surface area contributed by atoms with E-state index in [1.54, 1.807) is 0 Å². The molecule has 0 fully saturated rings. The van der Waals surface area contributed by atoms with Crippen LogP contribution < -0.4 is 0 Å². The summed E-state index contributed by atoms with van der Waals surface area (Å²) in [5.41, 5.74) is 1.34. The van der Waals surface area contributed by atoms with Crippen LogP contribution in [0.15, 0.2) is 28.5 Å². The molecule has 1 aromatic heterocycles. The first-order chi connectivity index (χ1) is 5.79. The highest BCUT2D eigenvalue weighted by Crippen LogP contribution is 2.31. The van der Waals surface area contributed by atoms with Crippen molar-refractivity contribution < 1.29 is 0 Å². The van der Waals surface area contributed by atoms with Gasteiger partial charge < -0.3 is 0 Å². The third kappa shape index (κ3) is 1.37. The summed E-state index contributed by atoms with van der Waals surface area (Å²) >= 11 is 3.69. The normalized spacial score (nSPS) is 10.8. The number of fused-ring (bicyclic) bond motifs is 1. The molecule has 0 spiro atoms. The maximum absolute atomic E-state index is 2.25. The molecule has 1 heterocycles. The summed E-state index contributed by atoms with van der Waals surface area (Å²) in [6.45, 7) is 2.14. The molecule has 12 heavy (non-hydrogen) atoms. The smallest absolute Gasteiger partial charge is 0.0608 e. The molecule has 0 bridgehead atoms. The zero-order chi connectivity index (χ0) is 8.55. The highest BCUT2D eigenvalue weighted by molar-refractivity contribution is 8.00. The van der Waals surface area contributed by atoms with Crippen molar-refractivity contribution in [2.75, 3.05) is 6.26 Å². The summed E-state index contributed by atoms with van der Waals surface area (Å²) in [5, 5.41) is 1.37. The van der Waals surface area contributed by atoms with E-state index in [1.807, 2.05) is 23.1 Å². The topological polar surface area (TPSA) is 0 Å². The Hall–Kier alpha value is -0.470. The van der Waals surface area contributed by atoms with Gasteiger partial charge in [-0.15, -0.1) is 23.1 Å². The van der Waals surface area contributed by atoms with Crippen LogP contribution in [0.3, 0.4) is 0 Å². The van der Waals surface area contributed by atoms with Gasteiger partial charge in [-0.3, -0.25) is 0 Å². The lowest BCUT2D eigenvalue weighted by molar-refractivity contribution is 1.52. The molecular weight excluding hydrogens is 184 g/mol. The van der Waals surface area contributed by atoms with Crippen LogP contribution in [0.1, 0.15) is 5.56 Å². The van der Waals surface area contributed by atoms with Crippen LogP contribution >= 0.6 is 23.1 Å². The molecule has 1 aromatic carbocycles. The molecule has 0 unspecified atom stereocenters. The van der Waals surface area contributed by atoms with Gasteiger partial charge in [-0.25, -0.2) is 0 Å². The van der Waals surface area contributed by atoms with E-state index in [1.165, 1.54) is 19.9 Å². The van der Waals surface area contributed by atoms with Crippen LogP contribution in [0.25, 0.3) is 10.1 Å². The van der Waals surface area contributed by atoms with E-state index in [0.29, 0.717) is 0 Å². The Morgan fingerprint density at radius 3 is 2.83 bits per heavy atom. The largest absolute Gasteiger partial charge is 0.129 e. The van der Waals surface area contributed by atoms with Crippen LogP contribution in [-0.4, -0.2) is 6.26 Å². The van der Waals surface area contributed by atoms with Crippen molar-refractivity contribution in [1.29, 1.82) is 0 Å². The second-order valence-corrected chi connectivity index (χ2v) is 5.00. The van der Waals surface area contributed by atoms with Crippen molar-refractivity contribution in [3.63, 3.8) is 0 Å². The van der Waals surface area contributed by atoms with Crippen LogP contribution in [0.2, 0.25) is 0 Å². The Kier molecular flexibility index (Phi) is 2.11. The van der Waals surface area contributed by atoms with Gasteiger partial charge in [-0.05, 0) is 36.3 Å². The van der Waals surface area contributed by atoms with Gasteiger partial charge in [0.2, 0.25) is 0 Å². The standard InChI is InChI=1S/C10H10S2/c1-7-3-4-8-6-10(11-2)12-9(8)5-7/h3-6H,1-2H3. The third-order valence-corrected chi connectivity index (χ3v) is 4.02. The van der Waals surface area contributed by atoms with E-state index in [0.717, 1.165) is 0 Å². The second-order valence-electron chi connectivity index (χ2n) is 2.81. The van der Waals surface area contributed by atoms with Gasteiger partial charge in [-0.1, -0.05) is 12.1 Å². The van der Waals surface area contributed by atoms with Gasteiger partial charge in [0.05, 0.1) is 4.21 Å². The van der Waals surface area contributed by atoms with E-state index in [9.17, 15) is 0 Å². The van der Waals surface area contributed by atoms with Crippen molar-refractivity contribution in [3.8, 4) is 0 Å². The molecule has 0 amide bonds. The predicted octanol–water partition coefficient (Wildman–Crippen LogP) is 3.93. The minimum Gasteiger partial charge on any atom is -0.129 e. The molecule has 0 aliphatic carbocycles. The number of hydrogen-bond donors (Lipinski definition) is 0. The van der Waals surface area contributed by atoms with Gasteiger partial charge in [0.1, 0.15) is 0 Å². The minimum atomic E-state index is 1.34. The molecule has 0 saturated heterocycles. The zero-order valence-corrected chi connectivity index (χ0v) is 8.76. The molecule has 2 rings (SSSR count). The number of hydrogen-bond acceptors (Lipinski definition) is 2. The molecule has 0 radical (unpaired) electrons. The third-order valence-electron chi connectivity index (χ3n) is 1.85. The first kappa shape index (κ1) is 8.14. The average molecular weight is 194 g/mol. The molecule has 0 saturated carbocycles. The first-order valence-corrected chi connectivity index (χ1v) is 5.88. The van der Waals surface area contributed by atoms with E-state index in [-0.39, 0.29) is 0 Å². The quantitative estimate of drug-likeness (QED) is 0.620. The van der Waals surface area contributed by atoms with E-state index >= 15 is 0 Å². The van der Waals surface area contributed by atoms with Crippen molar-refractivity contribution in [3.05, 3.63) is 29.8 Å². The highest BCUT2D eigenvalue weighted by Gasteiger charge is 1.99. The highest BCUT2D eigenvalue weighted by atomic mass is 32.2. The molecular formula is C10H10S2. The summed E-state index contributed by atoms with van der Waals surface area (Å²) < 4.78 is 2.80. The number of aryl methyl sites for hydroxylation is 1. The first-order valence-electron chi connectivity index (χ1n) is 3.84. The molecule has 0 atom stereocenters. The summed E-state index contributed by atoms with van der Waals surface area (Å²) in [6.07, 6.45) is 2.12. The van der Waals surface area contributed by atoms with Crippen molar-refractivity contribution in [2.45, 2.75) is 11.1 Å². The van der Waals surface area contributed by atoms with E-state index < -0.39 is 0 Å². The molecule has 0 aliphatic heterocycles. The second kappa shape index (κ2) is 3.11. The Bertz CT molecular complexity index is 401. The predicted molar refractivity (Wildman–Crippen MR) is 58.3 cm³/mol. The lowest BCUT2D eigenvalue weighted by Gasteiger charge is -1.89. The fourth-order valence-corrected chi connectivity index (χ4v) is 2.95. The molecule has 62 valence electrons. The van der Waals surface area contributed by atoms with Crippen LogP contribution in [-0.2, 0) is 0 Å². The molecule has 2 heteroatoms. The van der Waals surface area contributed by atoms with Gasteiger partial charge in [0, 0.05) is 4.70 Å². The van der Waals surface area contributed by atoms with Crippen LogP contribution in [0.4, 0.5) is 0 Å². The van der Waals surface area contributed by atoms with Crippen LogP contribution in [0.5, 0.6) is 0 Å². The summed E-state index contributed by atoms with van der Waals surface area (Å²) in [4.78, 5) is 0. The van der Waals surface area contributed by atoms with E-state index in [4.69, 9.17) is 0 Å². The van der Waals surface area contributed by atoms with Crippen molar-refractivity contribution in [2.24, 2.45) is 0 Å². The van der Waals surface area contributed by atoms with Crippen LogP contribution in [0, 0.1) is 6.92 Å². The Balaban J connectivity index is 2.67. The number of benzene rings is 1. The maximum atomic E-state index is 2.25. The molecule has 2 aromatic rings. The average Bonchev–Trinajstić information content (AvgIpc) is 2.46. The summed E-state index contributed by atoms with van der Waals surface area (Å²) in [7, 11) is 0. The zero-order valence-electron chi connectivity index (χ0n) is 7.13. The summed E-state index contributed by atoms with van der Waals surface area (Å²) in [5.74, 6) is 0. The maximum Gasteiger partial charge on any atom is 0.0608 e. The Labute approximate surface area is 80.6 Å². The SMILES string of the molecule is CSc1cc2ccc(C)cc2s1. The van der Waals surface area contributed by atoms with Gasteiger partial charge in [0.25, 0.3) is 0 Å². The number of thioether (sulfide) groups is 1. The molecule has 0 aliphatic rings. The Morgan fingerprint density at radius 1 is 1.25 bits per heavy atom. The summed E-state index contributed by atoms with van der Waals surface area (Å²) in [6, 6.07) is 8.86.